The molecule has 1 aromatic carbocycles. The maximum absolute atomic E-state index is 14.7. The normalized spacial score (nSPS) is 17.9. The summed E-state index contributed by atoms with van der Waals surface area (Å²) in [6, 6.07) is 6.12. The summed E-state index contributed by atoms with van der Waals surface area (Å²) >= 11 is 2.33. The van der Waals surface area contributed by atoms with Crippen molar-refractivity contribution >= 4 is 69.1 Å². The monoisotopic (exact) mass is 723 g/mol. The van der Waals surface area contributed by atoms with Crippen molar-refractivity contribution in [2.75, 3.05) is 11.5 Å². The molecule has 1 saturated heterocycles. The SMILES string of the molecule is CC(C)(O/N=C(\C(=O)C[C@@H]1C(=O)N2C(C(=O)[O-])=C(Cn3ccc4n3cc[n+]4Cc3ccc(C(=N)N)cc3F)CS[C@H]12)c1csc(N)n1)C(=O)O. The lowest BCUT2D eigenvalue weighted by molar-refractivity contribution is -0.662. The Morgan fingerprint density at radius 2 is 2.04 bits per heavy atom. The van der Waals surface area contributed by atoms with Crippen LogP contribution in [-0.4, -0.2) is 76.1 Å². The van der Waals surface area contributed by atoms with Crippen molar-refractivity contribution < 1.29 is 43.2 Å². The molecule has 1 amide bonds. The van der Waals surface area contributed by atoms with Gasteiger partial charge in [-0.05, 0) is 25.5 Å². The highest BCUT2D eigenvalue weighted by Crippen LogP contribution is 2.45. The fraction of sp³-hybridized carbons (Fsp3) is 0.290. The van der Waals surface area contributed by atoms with Crippen LogP contribution in [0.4, 0.5) is 9.52 Å². The Kier molecular flexibility index (Phi) is 8.95. The van der Waals surface area contributed by atoms with Gasteiger partial charge >= 0.3 is 11.6 Å². The fourth-order valence-corrected chi connectivity index (χ4v) is 7.54. The van der Waals surface area contributed by atoms with Gasteiger partial charge in [-0.25, -0.2) is 23.4 Å². The molecule has 0 saturated carbocycles. The Labute approximate surface area is 290 Å². The number of thiazole rings is 1. The molecule has 2 aliphatic rings. The van der Waals surface area contributed by atoms with E-state index in [4.69, 9.17) is 21.7 Å². The minimum atomic E-state index is -1.77. The number of nitrogens with one attached hydrogen (secondary N) is 1. The summed E-state index contributed by atoms with van der Waals surface area (Å²) in [5.74, 6) is -5.54. The number of nitrogens with zero attached hydrogens (tertiary/aromatic N) is 6. The molecule has 16 nitrogen and oxygen atoms in total. The second kappa shape index (κ2) is 13.0. The van der Waals surface area contributed by atoms with E-state index in [-0.39, 0.29) is 58.9 Å². The van der Waals surface area contributed by atoms with Crippen LogP contribution in [0.2, 0.25) is 0 Å². The Balaban J connectivity index is 1.20. The number of carbonyl (C=O) groups is 4. The Bertz CT molecular complexity index is 2150. The van der Waals surface area contributed by atoms with E-state index in [2.05, 4.69) is 10.1 Å². The van der Waals surface area contributed by atoms with Gasteiger partial charge in [0.25, 0.3) is 0 Å². The zero-order valence-electron chi connectivity index (χ0n) is 26.5. The molecule has 0 bridgehead atoms. The average Bonchev–Trinajstić information content (AvgIpc) is 3.78. The summed E-state index contributed by atoms with van der Waals surface area (Å²) in [5.41, 5.74) is 10.6. The maximum Gasteiger partial charge on any atom is 0.350 e. The van der Waals surface area contributed by atoms with E-state index in [0.29, 0.717) is 16.8 Å². The number of hydrogen-bond acceptors (Lipinski definition) is 12. The van der Waals surface area contributed by atoms with Crippen molar-refractivity contribution in [2.45, 2.75) is 44.3 Å². The number of rotatable bonds is 13. The van der Waals surface area contributed by atoms with E-state index in [1.54, 1.807) is 50.6 Å². The standard InChI is InChI=1S/C31H30FN9O7S2/c1-31(2,29(46)47)48-37-23(20-14-50-30(35)36-20)21(42)10-18-26(43)41-24(28(44)45)17(13-49-27(18)41)12-39-6-5-22-38(7-8-40(22)39)11-16-4-3-15(25(33)34)9-19(16)32/h3-9,14,18,27H,10-13H2,1-2H3,(H6-,33,34,35,36,44,45,46,47)/b37-23-/t18-,27-/m1/s1. The number of carbonyl (C=O) groups excluding carboxylic acids is 3. The summed E-state index contributed by atoms with van der Waals surface area (Å²) in [6.07, 6.45) is 4.85. The molecule has 5 heterocycles. The van der Waals surface area contributed by atoms with Crippen molar-refractivity contribution in [3.63, 3.8) is 0 Å². The number of amides is 1. The molecular weight excluding hydrogens is 694 g/mol. The summed E-state index contributed by atoms with van der Waals surface area (Å²) in [5, 5.41) is 34.0. The van der Waals surface area contributed by atoms with Gasteiger partial charge in [0, 0.05) is 28.7 Å². The third-order valence-corrected chi connectivity index (χ3v) is 10.4. The molecule has 3 aromatic heterocycles. The summed E-state index contributed by atoms with van der Waals surface area (Å²) in [7, 11) is 0. The molecule has 0 aliphatic carbocycles. The van der Waals surface area contributed by atoms with Gasteiger partial charge in [0.2, 0.25) is 11.5 Å². The quantitative estimate of drug-likeness (QED) is 0.0482. The van der Waals surface area contributed by atoms with E-state index in [1.807, 2.05) is 0 Å². The molecule has 0 spiro atoms. The first kappa shape index (κ1) is 34.3. The Morgan fingerprint density at radius 3 is 2.68 bits per heavy atom. The van der Waals surface area contributed by atoms with Crippen molar-refractivity contribution in [3.05, 3.63) is 82.1 Å². The third kappa shape index (κ3) is 6.31. The molecule has 6 N–H and O–H groups in total. The average molecular weight is 724 g/mol. The molecule has 50 heavy (non-hydrogen) atoms. The number of hydrogen-bond donors (Lipinski definition) is 4. The zero-order valence-corrected chi connectivity index (χ0v) is 28.2. The molecule has 0 unspecified atom stereocenters. The minimum Gasteiger partial charge on any atom is -0.543 e. The first-order valence-electron chi connectivity index (χ1n) is 15.0. The minimum absolute atomic E-state index is 0.0524. The smallest absolute Gasteiger partial charge is 0.350 e. The highest BCUT2D eigenvalue weighted by Gasteiger charge is 2.53. The predicted molar refractivity (Wildman–Crippen MR) is 176 cm³/mol. The number of imidazole rings is 1. The van der Waals surface area contributed by atoms with Crippen LogP contribution in [0.3, 0.4) is 0 Å². The number of aliphatic carboxylic acids is 2. The number of ketones is 1. The summed E-state index contributed by atoms with van der Waals surface area (Å²) in [6.45, 7) is 2.77. The van der Waals surface area contributed by atoms with E-state index < -0.39 is 46.3 Å². The van der Waals surface area contributed by atoms with Gasteiger partial charge in [0.15, 0.2) is 22.8 Å². The van der Waals surface area contributed by atoms with E-state index in [1.165, 1.54) is 37.1 Å². The molecule has 4 aromatic rings. The Hall–Kier alpha value is -5.56. The number of carboxylic acid groups (broad SMARTS) is 2. The predicted octanol–water partition coefficient (Wildman–Crippen LogP) is 0.317. The van der Waals surface area contributed by atoms with Gasteiger partial charge in [-0.3, -0.25) is 19.9 Å². The number of benzene rings is 1. The van der Waals surface area contributed by atoms with Crippen LogP contribution >= 0.6 is 23.1 Å². The molecule has 19 heteroatoms. The number of nitrogen functional groups attached to an aromatic ring is 2. The first-order valence-corrected chi connectivity index (χ1v) is 16.9. The maximum atomic E-state index is 14.7. The lowest BCUT2D eigenvalue weighted by Crippen LogP contribution is -2.63. The first-order chi connectivity index (χ1) is 23.7. The van der Waals surface area contributed by atoms with Gasteiger partial charge in [-0.2, -0.15) is 0 Å². The molecule has 2 atom stereocenters. The van der Waals surface area contributed by atoms with Crippen LogP contribution in [0.5, 0.6) is 0 Å². The summed E-state index contributed by atoms with van der Waals surface area (Å²) in [4.78, 5) is 61.2. The van der Waals surface area contributed by atoms with Crippen molar-refractivity contribution in [1.29, 1.82) is 5.41 Å². The van der Waals surface area contributed by atoms with Gasteiger partial charge in [-0.1, -0.05) is 17.3 Å². The van der Waals surface area contributed by atoms with Crippen LogP contribution in [0, 0.1) is 17.1 Å². The molecular formula is C31H30FN9O7S2. The van der Waals surface area contributed by atoms with Crippen molar-refractivity contribution in [3.8, 4) is 0 Å². The van der Waals surface area contributed by atoms with Crippen LogP contribution in [0.25, 0.3) is 5.65 Å². The van der Waals surface area contributed by atoms with E-state index in [9.17, 15) is 33.8 Å². The number of aromatic nitrogens is 4. The molecule has 2 aliphatic heterocycles. The highest BCUT2D eigenvalue weighted by molar-refractivity contribution is 8.00. The number of thioether (sulfide) groups is 1. The number of anilines is 1. The van der Waals surface area contributed by atoms with Gasteiger partial charge in [0.05, 0.1) is 41.8 Å². The fourth-order valence-electron chi connectivity index (χ4n) is 5.59. The molecule has 6 rings (SSSR count). The third-order valence-electron chi connectivity index (χ3n) is 8.31. The topological polar surface area (TPSA) is 238 Å². The lowest BCUT2D eigenvalue weighted by Gasteiger charge is -2.50. The van der Waals surface area contributed by atoms with E-state index in [0.717, 1.165) is 16.2 Å². The lowest BCUT2D eigenvalue weighted by atomic mass is 9.89. The molecule has 0 radical (unpaired) electrons. The molecule has 1 fully saturated rings. The largest absolute Gasteiger partial charge is 0.543 e. The number of β-lactam (4-membered cyclic amide) rings is 1. The second-order valence-corrected chi connectivity index (χ2v) is 14.1. The second-order valence-electron chi connectivity index (χ2n) is 12.1. The summed E-state index contributed by atoms with van der Waals surface area (Å²) < 4.78 is 20.0. The number of oxime groups is 1. The van der Waals surface area contributed by atoms with Crippen molar-refractivity contribution in [1.82, 2.24) is 19.1 Å². The van der Waals surface area contributed by atoms with Gasteiger partial charge in [-0.15, -0.1) is 27.6 Å². The molecule has 260 valence electrons. The van der Waals surface area contributed by atoms with Crippen LogP contribution in [0.15, 0.2) is 64.7 Å². The van der Waals surface area contributed by atoms with Crippen LogP contribution in [0.1, 0.15) is 37.1 Å². The number of fused-ring (bicyclic) bond motifs is 2. The van der Waals surface area contributed by atoms with Gasteiger partial charge < -0.3 is 31.3 Å². The van der Waals surface area contributed by atoms with E-state index >= 15 is 0 Å². The van der Waals surface area contributed by atoms with Crippen molar-refractivity contribution in [2.24, 2.45) is 16.8 Å². The van der Waals surface area contributed by atoms with Crippen LogP contribution in [-0.2, 0) is 37.1 Å². The van der Waals surface area contributed by atoms with Crippen LogP contribution < -0.4 is 21.1 Å². The van der Waals surface area contributed by atoms with Gasteiger partial charge in [0.1, 0.15) is 30.1 Å². The zero-order chi connectivity index (χ0) is 36.1. The number of Topliss-reactive ketones (excluding diaryl/α,β-unsaturated/α-hetero) is 1. The number of nitrogens with two attached hydrogens (primary N) is 2. The Morgan fingerprint density at radius 1 is 1.28 bits per heavy atom. The highest BCUT2D eigenvalue weighted by atomic mass is 32.2. The number of amidine groups is 1. The number of halogens is 1. The number of carboxylic acids is 2.